The van der Waals surface area contributed by atoms with Crippen LogP contribution in [-0.2, 0) is 5.75 Å². The molecule has 2 aromatic carbocycles. The minimum absolute atomic E-state index is 0.258. The predicted octanol–water partition coefficient (Wildman–Crippen LogP) is 4.63. The van der Waals surface area contributed by atoms with Crippen molar-refractivity contribution in [3.8, 4) is 28.5 Å². The fourth-order valence-corrected chi connectivity index (χ4v) is 4.81. The number of aromatic nitrogens is 3. The zero-order chi connectivity index (χ0) is 19.1. The van der Waals surface area contributed by atoms with Crippen LogP contribution in [0.5, 0.6) is 17.2 Å². The number of fused-ring (bicyclic) bond motifs is 2. The normalized spacial score (nSPS) is 12.6. The fourth-order valence-electron chi connectivity index (χ4n) is 3.03. The van der Waals surface area contributed by atoms with Gasteiger partial charge in [-0.3, -0.25) is 4.40 Å². The van der Waals surface area contributed by atoms with Gasteiger partial charge in [0.15, 0.2) is 16.7 Å². The lowest BCUT2D eigenvalue weighted by atomic mass is 10.1. The van der Waals surface area contributed by atoms with Crippen molar-refractivity contribution in [2.24, 2.45) is 0 Å². The van der Waals surface area contributed by atoms with Crippen LogP contribution in [0.3, 0.4) is 0 Å². The quantitative estimate of drug-likeness (QED) is 0.443. The van der Waals surface area contributed by atoms with Gasteiger partial charge in [0.1, 0.15) is 11.6 Å². The number of thioether (sulfide) groups is 1. The SMILES string of the molecule is COc1cc(F)ccc1-c1csc2nnc(SCc3ccc4c(c3)OCO4)n12. The molecule has 0 amide bonds. The van der Waals surface area contributed by atoms with Gasteiger partial charge in [0.25, 0.3) is 0 Å². The Balaban J connectivity index is 1.47. The molecular formula is C19H14FN3O3S2. The van der Waals surface area contributed by atoms with Gasteiger partial charge in [0.05, 0.1) is 12.8 Å². The summed E-state index contributed by atoms with van der Waals surface area (Å²) >= 11 is 3.05. The molecule has 0 spiro atoms. The number of thiazole rings is 1. The van der Waals surface area contributed by atoms with Crippen LogP contribution in [0.2, 0.25) is 0 Å². The highest BCUT2D eigenvalue weighted by atomic mass is 32.2. The lowest BCUT2D eigenvalue weighted by Gasteiger charge is -2.09. The van der Waals surface area contributed by atoms with Crippen molar-refractivity contribution in [2.75, 3.05) is 13.9 Å². The average molecular weight is 415 g/mol. The summed E-state index contributed by atoms with van der Waals surface area (Å²) in [5, 5.41) is 11.3. The molecule has 5 rings (SSSR count). The average Bonchev–Trinajstić information content (AvgIpc) is 3.42. The lowest BCUT2D eigenvalue weighted by Crippen LogP contribution is -1.94. The first kappa shape index (κ1) is 17.3. The molecule has 6 nitrogen and oxygen atoms in total. The second-order valence-corrected chi connectivity index (χ2v) is 7.82. The van der Waals surface area contributed by atoms with Gasteiger partial charge < -0.3 is 14.2 Å². The molecule has 1 aliphatic rings. The zero-order valence-corrected chi connectivity index (χ0v) is 16.3. The minimum atomic E-state index is -0.340. The smallest absolute Gasteiger partial charge is 0.231 e. The van der Waals surface area contributed by atoms with E-state index < -0.39 is 0 Å². The number of halogens is 1. The second kappa shape index (κ2) is 6.99. The van der Waals surface area contributed by atoms with Gasteiger partial charge >= 0.3 is 0 Å². The first-order valence-corrected chi connectivity index (χ1v) is 10.3. The van der Waals surface area contributed by atoms with Crippen LogP contribution in [0.25, 0.3) is 16.2 Å². The van der Waals surface area contributed by atoms with Gasteiger partial charge in [0, 0.05) is 22.8 Å². The molecular weight excluding hydrogens is 401 g/mol. The van der Waals surface area contributed by atoms with E-state index in [-0.39, 0.29) is 12.6 Å². The number of methoxy groups -OCH3 is 1. The molecule has 0 radical (unpaired) electrons. The van der Waals surface area contributed by atoms with E-state index in [1.807, 2.05) is 28.0 Å². The van der Waals surface area contributed by atoms with Crippen LogP contribution in [-0.4, -0.2) is 28.5 Å². The third kappa shape index (κ3) is 2.96. The number of hydrogen-bond donors (Lipinski definition) is 0. The Kier molecular flexibility index (Phi) is 4.33. The van der Waals surface area contributed by atoms with Gasteiger partial charge in [-0.1, -0.05) is 17.8 Å². The highest BCUT2D eigenvalue weighted by Crippen LogP contribution is 2.37. The molecule has 0 N–H and O–H groups in total. The maximum absolute atomic E-state index is 13.6. The summed E-state index contributed by atoms with van der Waals surface area (Å²) in [6.07, 6.45) is 0. The molecule has 9 heteroatoms. The maximum atomic E-state index is 13.6. The van der Waals surface area contributed by atoms with E-state index in [2.05, 4.69) is 10.2 Å². The van der Waals surface area contributed by atoms with Crippen LogP contribution < -0.4 is 14.2 Å². The summed E-state index contributed by atoms with van der Waals surface area (Å²) in [5.74, 6) is 2.36. The Morgan fingerprint density at radius 2 is 2.07 bits per heavy atom. The summed E-state index contributed by atoms with van der Waals surface area (Å²) in [6.45, 7) is 0.258. The molecule has 3 heterocycles. The Morgan fingerprint density at radius 1 is 1.18 bits per heavy atom. The Bertz CT molecular complexity index is 1170. The molecule has 1 aliphatic heterocycles. The zero-order valence-electron chi connectivity index (χ0n) is 14.7. The molecule has 2 aromatic heterocycles. The standard InChI is InChI=1S/C19H14FN3O3S2/c1-24-16-7-12(20)3-4-13(16)14-9-28-19-22-21-18(23(14)19)27-8-11-2-5-15-17(6-11)26-10-25-15/h2-7,9H,8,10H2,1H3. The van der Waals surface area contributed by atoms with E-state index in [0.29, 0.717) is 11.5 Å². The van der Waals surface area contributed by atoms with Crippen molar-refractivity contribution in [1.29, 1.82) is 0 Å². The Labute approximate surface area is 167 Å². The van der Waals surface area contributed by atoms with Crippen molar-refractivity contribution >= 4 is 28.1 Å². The number of nitrogens with zero attached hydrogens (tertiary/aromatic N) is 3. The number of ether oxygens (including phenoxy) is 3. The highest BCUT2D eigenvalue weighted by molar-refractivity contribution is 7.98. The fraction of sp³-hybridized carbons (Fsp3) is 0.158. The van der Waals surface area contributed by atoms with Crippen LogP contribution >= 0.6 is 23.1 Å². The molecule has 0 unspecified atom stereocenters. The minimum Gasteiger partial charge on any atom is -0.496 e. The molecule has 0 bridgehead atoms. The van der Waals surface area contributed by atoms with Crippen molar-refractivity contribution < 1.29 is 18.6 Å². The van der Waals surface area contributed by atoms with E-state index in [1.54, 1.807) is 17.8 Å². The predicted molar refractivity (Wildman–Crippen MR) is 105 cm³/mol. The van der Waals surface area contributed by atoms with E-state index in [1.165, 1.54) is 30.6 Å². The largest absolute Gasteiger partial charge is 0.496 e. The lowest BCUT2D eigenvalue weighted by molar-refractivity contribution is 0.174. The van der Waals surface area contributed by atoms with Crippen LogP contribution in [0.15, 0.2) is 46.9 Å². The Morgan fingerprint density at radius 3 is 2.96 bits per heavy atom. The highest BCUT2D eigenvalue weighted by Gasteiger charge is 2.18. The van der Waals surface area contributed by atoms with Crippen LogP contribution in [0, 0.1) is 5.82 Å². The monoisotopic (exact) mass is 415 g/mol. The molecule has 0 atom stereocenters. The molecule has 0 saturated heterocycles. The van der Waals surface area contributed by atoms with Crippen molar-refractivity contribution in [1.82, 2.24) is 14.6 Å². The topological polar surface area (TPSA) is 57.9 Å². The van der Waals surface area contributed by atoms with Gasteiger partial charge in [0.2, 0.25) is 11.8 Å². The molecule has 0 saturated carbocycles. The van der Waals surface area contributed by atoms with Crippen LogP contribution in [0.1, 0.15) is 5.56 Å². The number of rotatable bonds is 5. The van der Waals surface area contributed by atoms with E-state index in [4.69, 9.17) is 14.2 Å². The molecule has 28 heavy (non-hydrogen) atoms. The van der Waals surface area contributed by atoms with Gasteiger partial charge in [-0.15, -0.1) is 21.5 Å². The summed E-state index contributed by atoms with van der Waals surface area (Å²) in [6, 6.07) is 10.4. The van der Waals surface area contributed by atoms with Gasteiger partial charge in [-0.25, -0.2) is 4.39 Å². The summed E-state index contributed by atoms with van der Waals surface area (Å²) in [4.78, 5) is 0.773. The number of hydrogen-bond acceptors (Lipinski definition) is 7. The van der Waals surface area contributed by atoms with Gasteiger partial charge in [-0.2, -0.15) is 0 Å². The third-order valence-electron chi connectivity index (χ3n) is 4.36. The summed E-state index contributed by atoms with van der Waals surface area (Å²) in [5.41, 5.74) is 2.76. The molecule has 0 aliphatic carbocycles. The first-order valence-electron chi connectivity index (χ1n) is 8.41. The van der Waals surface area contributed by atoms with Crippen molar-refractivity contribution in [3.63, 3.8) is 0 Å². The number of benzene rings is 2. The summed E-state index contributed by atoms with van der Waals surface area (Å²) in [7, 11) is 1.53. The first-order chi connectivity index (χ1) is 13.7. The Hall–Kier alpha value is -2.78. The summed E-state index contributed by atoms with van der Waals surface area (Å²) < 4.78 is 31.7. The third-order valence-corrected chi connectivity index (χ3v) is 6.18. The van der Waals surface area contributed by atoms with Crippen molar-refractivity contribution in [2.45, 2.75) is 10.9 Å². The van der Waals surface area contributed by atoms with Crippen LogP contribution in [0.4, 0.5) is 4.39 Å². The van der Waals surface area contributed by atoms with E-state index in [0.717, 1.165) is 38.4 Å². The maximum Gasteiger partial charge on any atom is 0.231 e. The molecule has 4 aromatic rings. The van der Waals surface area contributed by atoms with Gasteiger partial charge in [-0.05, 0) is 29.8 Å². The van der Waals surface area contributed by atoms with E-state index >= 15 is 0 Å². The second-order valence-electron chi connectivity index (χ2n) is 6.04. The van der Waals surface area contributed by atoms with E-state index in [9.17, 15) is 4.39 Å². The van der Waals surface area contributed by atoms with Crippen molar-refractivity contribution in [3.05, 3.63) is 53.2 Å². The molecule has 142 valence electrons. The molecule has 0 fully saturated rings.